The molecule has 1 amide bonds. The molecule has 5 rings (SSSR count). The Morgan fingerprint density at radius 1 is 0.936 bits per heavy atom. The number of likely N-dealkylation sites (N-methyl/N-ethyl adjacent to an activating group) is 1. The molecule has 2 aromatic carbocycles. The molecule has 0 atom stereocenters. The van der Waals surface area contributed by atoms with Gasteiger partial charge in [0.15, 0.2) is 0 Å². The zero-order valence-electron chi connectivity index (χ0n) is 26.2. The molecular formula is C33H36Cl2N8O4. The average Bonchev–Trinajstić information content (AvgIpc) is 3.66. The van der Waals surface area contributed by atoms with Gasteiger partial charge in [0.25, 0.3) is 5.56 Å². The number of fused-ring (bicyclic) bond motifs is 1. The standard InChI is InChI=1S/C33H36Cl2N8O4/c1-21-14-28(38-42(21)18-22(40(2)20-46)16-36-10-12-44)26-8-4-6-24(31(26)34)25-7-5-9-27(32(25)35)29-15-30-33(47)41(3)23(17-37-11-13-45)19-43(30)39-29/h4-9,14-15,18-20,36-37,44-45H,10-13,16-17H2,1-3H3/b22-18-. The first-order valence-corrected chi connectivity index (χ1v) is 15.7. The Hall–Kier alpha value is -4.30. The molecule has 0 aliphatic rings. The fourth-order valence-corrected chi connectivity index (χ4v) is 5.81. The van der Waals surface area contributed by atoms with Crippen LogP contribution < -0.4 is 16.2 Å². The maximum atomic E-state index is 13.1. The smallest absolute Gasteiger partial charge is 0.276 e. The first-order valence-electron chi connectivity index (χ1n) is 14.9. The number of carbonyl (C=O) groups excluding carboxylic acids is 1. The molecule has 3 aromatic heterocycles. The number of nitrogens with zero attached hydrogens (tertiary/aromatic N) is 6. The van der Waals surface area contributed by atoms with Crippen molar-refractivity contribution in [1.82, 2.24) is 39.5 Å². The molecule has 0 unspecified atom stereocenters. The molecule has 12 nitrogen and oxygen atoms in total. The number of halogens is 2. The minimum absolute atomic E-state index is 0.00406. The maximum Gasteiger partial charge on any atom is 0.276 e. The van der Waals surface area contributed by atoms with Crippen LogP contribution in [-0.2, 0) is 18.4 Å². The van der Waals surface area contributed by atoms with Crippen LogP contribution in [0.25, 0.3) is 45.4 Å². The van der Waals surface area contributed by atoms with Crippen molar-refractivity contribution in [2.45, 2.75) is 13.5 Å². The second kappa shape index (κ2) is 15.1. The SMILES string of the molecule is Cc1cc(-c2cccc(-c3cccc(-c4cc5c(=O)n(C)c(CNCCO)cn5n4)c3Cl)c2Cl)nn1/C=C(/CNCCO)N(C)C=O. The van der Waals surface area contributed by atoms with Crippen molar-refractivity contribution in [2.24, 2.45) is 7.05 Å². The Bertz CT molecular complexity index is 2000. The second-order valence-corrected chi connectivity index (χ2v) is 11.7. The lowest BCUT2D eigenvalue weighted by Gasteiger charge is -2.16. The van der Waals surface area contributed by atoms with Crippen molar-refractivity contribution in [3.8, 4) is 33.6 Å². The fourth-order valence-electron chi connectivity index (χ4n) is 5.17. The van der Waals surface area contributed by atoms with Crippen LogP contribution in [0.2, 0.25) is 10.0 Å². The Morgan fingerprint density at radius 2 is 1.53 bits per heavy atom. The lowest BCUT2D eigenvalue weighted by atomic mass is 9.98. The Morgan fingerprint density at radius 3 is 2.15 bits per heavy atom. The van der Waals surface area contributed by atoms with Crippen molar-refractivity contribution in [1.29, 1.82) is 0 Å². The van der Waals surface area contributed by atoms with Gasteiger partial charge in [0, 0.05) is 74.4 Å². The first kappa shape index (κ1) is 34.0. The Balaban J connectivity index is 1.51. The molecule has 0 radical (unpaired) electrons. The molecule has 0 spiro atoms. The van der Waals surface area contributed by atoms with E-state index < -0.39 is 0 Å². The van der Waals surface area contributed by atoms with E-state index in [1.807, 2.05) is 49.4 Å². The van der Waals surface area contributed by atoms with Crippen molar-refractivity contribution < 1.29 is 15.0 Å². The normalized spacial score (nSPS) is 11.9. The van der Waals surface area contributed by atoms with Crippen molar-refractivity contribution >= 4 is 41.3 Å². The van der Waals surface area contributed by atoms with Gasteiger partial charge in [-0.3, -0.25) is 9.59 Å². The summed E-state index contributed by atoms with van der Waals surface area (Å²) < 4.78 is 4.80. The molecule has 0 saturated carbocycles. The quantitative estimate of drug-likeness (QED) is 0.103. The van der Waals surface area contributed by atoms with Gasteiger partial charge < -0.3 is 30.3 Å². The minimum Gasteiger partial charge on any atom is -0.395 e. The van der Waals surface area contributed by atoms with Crippen LogP contribution in [0.1, 0.15) is 11.4 Å². The summed E-state index contributed by atoms with van der Waals surface area (Å²) in [5.41, 5.74) is 6.30. The van der Waals surface area contributed by atoms with E-state index in [9.17, 15) is 9.59 Å². The molecule has 246 valence electrons. The Labute approximate surface area is 281 Å². The number of aryl methyl sites for hydroxylation is 1. The number of rotatable bonds is 14. The summed E-state index contributed by atoms with van der Waals surface area (Å²) in [5, 5.41) is 34.7. The number of hydrogen-bond acceptors (Lipinski definition) is 8. The minimum atomic E-state index is -0.203. The van der Waals surface area contributed by atoms with Crippen LogP contribution in [0.4, 0.5) is 0 Å². The maximum absolute atomic E-state index is 13.1. The van der Waals surface area contributed by atoms with Gasteiger partial charge in [-0.15, -0.1) is 0 Å². The summed E-state index contributed by atoms with van der Waals surface area (Å²) in [6.45, 7) is 3.44. The third-order valence-electron chi connectivity index (χ3n) is 7.80. The molecular weight excluding hydrogens is 643 g/mol. The number of carbonyl (C=O) groups is 1. The van der Waals surface area contributed by atoms with Crippen LogP contribution in [0.5, 0.6) is 0 Å². The van der Waals surface area contributed by atoms with Crippen molar-refractivity contribution in [3.63, 3.8) is 0 Å². The van der Waals surface area contributed by atoms with E-state index in [0.29, 0.717) is 93.2 Å². The summed E-state index contributed by atoms with van der Waals surface area (Å²) in [7, 11) is 3.35. The monoisotopic (exact) mass is 678 g/mol. The summed E-state index contributed by atoms with van der Waals surface area (Å²) in [6, 6.07) is 14.9. The molecule has 0 saturated heterocycles. The molecule has 14 heteroatoms. The van der Waals surface area contributed by atoms with Gasteiger partial charge in [0.1, 0.15) is 5.52 Å². The van der Waals surface area contributed by atoms with E-state index in [4.69, 9.17) is 38.5 Å². The third-order valence-corrected chi connectivity index (χ3v) is 8.61. The van der Waals surface area contributed by atoms with Crippen molar-refractivity contribution in [2.75, 3.05) is 39.9 Å². The number of aliphatic hydroxyl groups is 2. The fraction of sp³-hybridized carbons (Fsp3) is 0.273. The van der Waals surface area contributed by atoms with E-state index in [-0.39, 0.29) is 18.8 Å². The molecule has 5 aromatic rings. The zero-order chi connectivity index (χ0) is 33.7. The van der Waals surface area contributed by atoms with Gasteiger partial charge in [0.05, 0.1) is 52.2 Å². The van der Waals surface area contributed by atoms with Crippen LogP contribution in [0.3, 0.4) is 0 Å². The average molecular weight is 680 g/mol. The van der Waals surface area contributed by atoms with Gasteiger partial charge in [-0.25, -0.2) is 9.20 Å². The topological polar surface area (TPSA) is 142 Å². The van der Waals surface area contributed by atoms with Gasteiger partial charge in [-0.05, 0) is 19.1 Å². The third kappa shape index (κ3) is 7.18. The summed E-state index contributed by atoms with van der Waals surface area (Å²) in [5.74, 6) is 0. The number of hydrogen-bond donors (Lipinski definition) is 4. The zero-order valence-corrected chi connectivity index (χ0v) is 27.8. The summed E-state index contributed by atoms with van der Waals surface area (Å²) in [4.78, 5) is 26.1. The van der Waals surface area contributed by atoms with Gasteiger partial charge in [0.2, 0.25) is 6.41 Å². The molecule has 3 heterocycles. The predicted octanol–water partition coefficient (Wildman–Crippen LogP) is 3.40. The molecule has 47 heavy (non-hydrogen) atoms. The van der Waals surface area contributed by atoms with Crippen molar-refractivity contribution in [3.05, 3.63) is 92.2 Å². The van der Waals surface area contributed by atoms with E-state index in [2.05, 4.69) is 15.7 Å². The number of amides is 1. The number of nitrogens with one attached hydrogen (secondary N) is 2. The molecule has 0 bridgehead atoms. The number of aliphatic hydroxyl groups excluding tert-OH is 2. The highest BCUT2D eigenvalue weighted by atomic mass is 35.5. The second-order valence-electron chi connectivity index (χ2n) is 10.9. The largest absolute Gasteiger partial charge is 0.395 e. The number of aromatic nitrogens is 5. The first-order chi connectivity index (χ1) is 22.7. The molecule has 0 aliphatic carbocycles. The summed E-state index contributed by atoms with van der Waals surface area (Å²) >= 11 is 14.1. The summed E-state index contributed by atoms with van der Waals surface area (Å²) in [6.07, 6.45) is 4.25. The van der Waals surface area contributed by atoms with E-state index in [0.717, 1.165) is 5.69 Å². The highest BCUT2D eigenvalue weighted by molar-refractivity contribution is 6.39. The van der Waals surface area contributed by atoms with Gasteiger partial charge in [-0.2, -0.15) is 10.2 Å². The molecule has 0 aliphatic heterocycles. The van der Waals surface area contributed by atoms with E-state index >= 15 is 0 Å². The molecule has 4 N–H and O–H groups in total. The Kier molecular flexibility index (Phi) is 10.9. The van der Waals surface area contributed by atoms with E-state index in [1.54, 1.807) is 46.3 Å². The highest BCUT2D eigenvalue weighted by Crippen LogP contribution is 2.42. The van der Waals surface area contributed by atoms with Crippen LogP contribution in [0, 0.1) is 6.92 Å². The number of benzene rings is 2. The lowest BCUT2D eigenvalue weighted by molar-refractivity contribution is -0.115. The van der Waals surface area contributed by atoms with Crippen LogP contribution in [-0.4, -0.2) is 85.4 Å². The lowest BCUT2D eigenvalue weighted by Crippen LogP contribution is -2.28. The van der Waals surface area contributed by atoms with Crippen LogP contribution in [0.15, 0.2) is 65.2 Å². The van der Waals surface area contributed by atoms with Crippen LogP contribution >= 0.6 is 23.2 Å². The van der Waals surface area contributed by atoms with Gasteiger partial charge in [-0.1, -0.05) is 59.6 Å². The highest BCUT2D eigenvalue weighted by Gasteiger charge is 2.19. The molecule has 0 fully saturated rings. The van der Waals surface area contributed by atoms with Gasteiger partial charge >= 0.3 is 0 Å². The van der Waals surface area contributed by atoms with E-state index in [1.165, 1.54) is 4.90 Å². The predicted molar refractivity (Wildman–Crippen MR) is 184 cm³/mol.